The zero-order valence-corrected chi connectivity index (χ0v) is 11.6. The molecule has 1 atom stereocenters. The van der Waals surface area contributed by atoms with Crippen LogP contribution in [-0.2, 0) is 4.74 Å². The average molecular weight is 290 g/mol. The lowest BCUT2D eigenvalue weighted by Crippen LogP contribution is -2.39. The third kappa shape index (κ3) is 3.59. The summed E-state index contributed by atoms with van der Waals surface area (Å²) in [4.78, 5) is 2.30. The Morgan fingerprint density at radius 1 is 1.33 bits per heavy atom. The summed E-state index contributed by atoms with van der Waals surface area (Å²) in [6, 6.07) is 5.62. The van der Waals surface area contributed by atoms with Gasteiger partial charge in [-0.3, -0.25) is 4.90 Å². The molecule has 18 heavy (non-hydrogen) atoms. The Bertz CT molecular complexity index is 401. The predicted octanol–water partition coefficient (Wildman–Crippen LogP) is 2.75. The van der Waals surface area contributed by atoms with Gasteiger partial charge >= 0.3 is 0 Å². The van der Waals surface area contributed by atoms with Crippen molar-refractivity contribution in [2.75, 3.05) is 32.8 Å². The van der Waals surface area contributed by atoms with Gasteiger partial charge in [0.2, 0.25) is 0 Å². The molecular weight excluding hydrogens is 273 g/mol. The first kappa shape index (κ1) is 14.1. The maximum Gasteiger partial charge on any atom is 0.0952 e. The predicted molar refractivity (Wildman–Crippen MR) is 73.3 cm³/mol. The summed E-state index contributed by atoms with van der Waals surface area (Å²) in [5.41, 5.74) is 1.05. The van der Waals surface area contributed by atoms with Gasteiger partial charge in [-0.15, -0.1) is 0 Å². The number of aliphatic hydroxyl groups is 1. The fraction of sp³-hybridized carbons (Fsp3) is 0.538. The van der Waals surface area contributed by atoms with E-state index in [-0.39, 0.29) is 12.7 Å². The summed E-state index contributed by atoms with van der Waals surface area (Å²) in [6.07, 6.45) is 0.834. The summed E-state index contributed by atoms with van der Waals surface area (Å²) in [5.74, 6) is 0. The first-order valence-electron chi connectivity index (χ1n) is 6.10. The minimum absolute atomic E-state index is 0.0345. The molecule has 5 heteroatoms. The number of aliphatic hydroxyl groups excluding tert-OH is 1. The smallest absolute Gasteiger partial charge is 0.0952 e. The van der Waals surface area contributed by atoms with Gasteiger partial charge in [-0.05, 0) is 24.1 Å². The molecule has 1 fully saturated rings. The van der Waals surface area contributed by atoms with Crippen molar-refractivity contribution >= 4 is 23.2 Å². The van der Waals surface area contributed by atoms with Crippen molar-refractivity contribution in [3.05, 3.63) is 33.8 Å². The molecule has 0 unspecified atom stereocenters. The molecule has 1 aromatic carbocycles. The molecule has 0 bridgehead atoms. The van der Waals surface area contributed by atoms with Crippen molar-refractivity contribution in [3.63, 3.8) is 0 Å². The number of hydrogen-bond acceptors (Lipinski definition) is 3. The lowest BCUT2D eigenvalue weighted by atomic mass is 10.1. The van der Waals surface area contributed by atoms with E-state index < -0.39 is 0 Å². The minimum atomic E-state index is 0.0345. The van der Waals surface area contributed by atoms with E-state index >= 15 is 0 Å². The molecule has 100 valence electrons. The van der Waals surface area contributed by atoms with Crippen LogP contribution in [-0.4, -0.2) is 42.9 Å². The van der Waals surface area contributed by atoms with E-state index in [1.807, 2.05) is 12.1 Å². The van der Waals surface area contributed by atoms with E-state index in [1.165, 1.54) is 0 Å². The van der Waals surface area contributed by atoms with Gasteiger partial charge in [0, 0.05) is 26.2 Å². The number of morpholine rings is 1. The summed E-state index contributed by atoms with van der Waals surface area (Å²) >= 11 is 11.9. The van der Waals surface area contributed by atoms with Crippen molar-refractivity contribution in [2.24, 2.45) is 0 Å². The van der Waals surface area contributed by atoms with Gasteiger partial charge in [0.15, 0.2) is 0 Å². The van der Waals surface area contributed by atoms with Gasteiger partial charge in [-0.2, -0.15) is 0 Å². The fourth-order valence-electron chi connectivity index (χ4n) is 2.11. The Balaban J connectivity index is 2.01. The largest absolute Gasteiger partial charge is 0.396 e. The molecule has 0 saturated carbocycles. The van der Waals surface area contributed by atoms with Gasteiger partial charge in [0.1, 0.15) is 0 Å². The molecule has 1 aliphatic heterocycles. The molecule has 1 saturated heterocycles. The van der Waals surface area contributed by atoms with Crippen LogP contribution in [0.25, 0.3) is 0 Å². The van der Waals surface area contributed by atoms with Crippen molar-refractivity contribution in [1.82, 2.24) is 4.90 Å². The highest BCUT2D eigenvalue weighted by Gasteiger charge is 2.21. The number of benzene rings is 1. The SMILES string of the molecule is OCCCN1CCO[C@H](c2ccc(Cl)c(Cl)c2)C1. The summed E-state index contributed by atoms with van der Waals surface area (Å²) in [6.45, 7) is 3.58. The summed E-state index contributed by atoms with van der Waals surface area (Å²) in [7, 11) is 0. The second-order valence-electron chi connectivity index (χ2n) is 4.41. The van der Waals surface area contributed by atoms with Gasteiger partial charge in [-0.1, -0.05) is 29.3 Å². The minimum Gasteiger partial charge on any atom is -0.396 e. The van der Waals surface area contributed by atoms with Crippen LogP contribution in [0.2, 0.25) is 10.0 Å². The molecule has 1 aliphatic rings. The van der Waals surface area contributed by atoms with Crippen LogP contribution < -0.4 is 0 Å². The average Bonchev–Trinajstić information content (AvgIpc) is 2.40. The van der Waals surface area contributed by atoms with Crippen LogP contribution in [0.5, 0.6) is 0 Å². The zero-order chi connectivity index (χ0) is 13.0. The Morgan fingerprint density at radius 2 is 2.17 bits per heavy atom. The molecule has 0 spiro atoms. The van der Waals surface area contributed by atoms with Crippen LogP contribution in [0.3, 0.4) is 0 Å². The van der Waals surface area contributed by atoms with Gasteiger partial charge in [0.05, 0.1) is 22.8 Å². The molecule has 0 aromatic heterocycles. The van der Waals surface area contributed by atoms with E-state index in [0.717, 1.165) is 31.6 Å². The molecule has 1 N–H and O–H groups in total. The number of halogens is 2. The van der Waals surface area contributed by atoms with Crippen molar-refractivity contribution in [3.8, 4) is 0 Å². The second kappa shape index (κ2) is 6.73. The van der Waals surface area contributed by atoms with Crippen molar-refractivity contribution in [1.29, 1.82) is 0 Å². The first-order valence-corrected chi connectivity index (χ1v) is 6.86. The molecule has 1 aromatic rings. The molecule has 0 radical (unpaired) electrons. The Morgan fingerprint density at radius 3 is 2.89 bits per heavy atom. The second-order valence-corrected chi connectivity index (χ2v) is 5.23. The van der Waals surface area contributed by atoms with Crippen molar-refractivity contribution < 1.29 is 9.84 Å². The monoisotopic (exact) mass is 289 g/mol. The van der Waals surface area contributed by atoms with Crippen LogP contribution >= 0.6 is 23.2 Å². The van der Waals surface area contributed by atoms with E-state index in [4.69, 9.17) is 33.0 Å². The quantitative estimate of drug-likeness (QED) is 0.925. The summed E-state index contributed by atoms with van der Waals surface area (Å²) < 4.78 is 5.76. The van der Waals surface area contributed by atoms with E-state index in [1.54, 1.807) is 6.07 Å². The van der Waals surface area contributed by atoms with Crippen LogP contribution in [0.1, 0.15) is 18.1 Å². The number of hydrogen-bond donors (Lipinski definition) is 1. The number of rotatable bonds is 4. The first-order chi connectivity index (χ1) is 8.70. The van der Waals surface area contributed by atoms with Crippen LogP contribution in [0.4, 0.5) is 0 Å². The highest BCUT2D eigenvalue weighted by Crippen LogP contribution is 2.28. The van der Waals surface area contributed by atoms with Gasteiger partial charge in [-0.25, -0.2) is 0 Å². The van der Waals surface area contributed by atoms with Gasteiger partial charge in [0.25, 0.3) is 0 Å². The maximum atomic E-state index is 8.86. The molecular formula is C13H17Cl2NO2. The zero-order valence-electron chi connectivity index (χ0n) is 10.1. The van der Waals surface area contributed by atoms with E-state index in [2.05, 4.69) is 4.90 Å². The fourth-order valence-corrected chi connectivity index (χ4v) is 2.42. The number of nitrogens with zero attached hydrogens (tertiary/aromatic N) is 1. The van der Waals surface area contributed by atoms with Crippen LogP contribution in [0.15, 0.2) is 18.2 Å². The maximum absolute atomic E-state index is 8.86. The van der Waals surface area contributed by atoms with E-state index in [9.17, 15) is 0 Å². The topological polar surface area (TPSA) is 32.7 Å². The highest BCUT2D eigenvalue weighted by molar-refractivity contribution is 6.42. The Labute approximate surface area is 117 Å². The van der Waals surface area contributed by atoms with Gasteiger partial charge < -0.3 is 9.84 Å². The van der Waals surface area contributed by atoms with Crippen molar-refractivity contribution in [2.45, 2.75) is 12.5 Å². The molecule has 1 heterocycles. The molecule has 0 amide bonds. The third-order valence-electron chi connectivity index (χ3n) is 3.10. The number of ether oxygens (including phenoxy) is 1. The standard InChI is InChI=1S/C13H17Cl2NO2/c14-11-3-2-10(8-12(11)15)13-9-16(4-1-6-17)5-7-18-13/h2-3,8,13,17H,1,4-7,9H2/t13-/m0/s1. The summed E-state index contributed by atoms with van der Waals surface area (Å²) in [5, 5.41) is 9.98. The van der Waals surface area contributed by atoms with E-state index in [0.29, 0.717) is 16.7 Å². The lowest BCUT2D eigenvalue weighted by Gasteiger charge is -2.33. The third-order valence-corrected chi connectivity index (χ3v) is 3.84. The normalized spacial score (nSPS) is 21.2. The molecule has 0 aliphatic carbocycles. The molecule has 2 rings (SSSR count). The Hall–Kier alpha value is -0.320. The Kier molecular flexibility index (Phi) is 5.27. The molecule has 3 nitrogen and oxygen atoms in total. The van der Waals surface area contributed by atoms with Crippen LogP contribution in [0, 0.1) is 0 Å². The lowest BCUT2D eigenvalue weighted by molar-refractivity contribution is -0.0312. The highest BCUT2D eigenvalue weighted by atomic mass is 35.5.